The van der Waals surface area contributed by atoms with Crippen molar-refractivity contribution in [2.45, 2.75) is 25.5 Å². The molecule has 0 bridgehead atoms. The Bertz CT molecular complexity index is 425. The Hall–Kier alpha value is -1.40. The zero-order valence-electron chi connectivity index (χ0n) is 12.0. The summed E-state index contributed by atoms with van der Waals surface area (Å²) in [5.41, 5.74) is 5.82. The molecule has 2 N–H and O–H groups in total. The first-order valence-electron chi connectivity index (χ1n) is 6.64. The third-order valence-electron chi connectivity index (χ3n) is 3.60. The van der Waals surface area contributed by atoms with Crippen molar-refractivity contribution in [1.82, 2.24) is 14.9 Å². The van der Waals surface area contributed by atoms with Crippen LogP contribution in [0.1, 0.15) is 18.7 Å². The van der Waals surface area contributed by atoms with E-state index in [1.54, 1.807) is 7.11 Å². The third kappa shape index (κ3) is 3.54. The smallest absolute Gasteiger partial charge is 0.158 e. The Labute approximate surface area is 114 Å². The van der Waals surface area contributed by atoms with Gasteiger partial charge in [-0.15, -0.1) is 0 Å². The van der Waals surface area contributed by atoms with Crippen LogP contribution in [0.15, 0.2) is 6.07 Å². The molecule has 0 spiro atoms. The van der Waals surface area contributed by atoms with Gasteiger partial charge in [-0.1, -0.05) is 0 Å². The van der Waals surface area contributed by atoms with Gasteiger partial charge in [0.1, 0.15) is 18.2 Å². The molecule has 6 nitrogen and oxygen atoms in total. The van der Waals surface area contributed by atoms with Crippen LogP contribution < -0.4 is 10.6 Å². The Morgan fingerprint density at radius 1 is 1.53 bits per heavy atom. The van der Waals surface area contributed by atoms with Gasteiger partial charge in [0, 0.05) is 32.8 Å². The van der Waals surface area contributed by atoms with Crippen LogP contribution in [0.5, 0.6) is 0 Å². The largest absolute Gasteiger partial charge is 0.384 e. The van der Waals surface area contributed by atoms with Gasteiger partial charge in [0.05, 0.1) is 0 Å². The van der Waals surface area contributed by atoms with Crippen molar-refractivity contribution in [3.63, 3.8) is 0 Å². The second kappa shape index (κ2) is 6.16. The van der Waals surface area contributed by atoms with Crippen molar-refractivity contribution in [1.29, 1.82) is 0 Å². The molecule has 2 rings (SSSR count). The van der Waals surface area contributed by atoms with E-state index in [4.69, 9.17) is 10.5 Å². The minimum atomic E-state index is 0.384. The summed E-state index contributed by atoms with van der Waals surface area (Å²) >= 11 is 0. The third-order valence-corrected chi connectivity index (χ3v) is 3.60. The Morgan fingerprint density at radius 3 is 2.95 bits per heavy atom. The average Bonchev–Trinajstić information content (AvgIpc) is 2.75. The fourth-order valence-electron chi connectivity index (χ4n) is 2.51. The van der Waals surface area contributed by atoms with Crippen molar-refractivity contribution < 1.29 is 4.74 Å². The number of hydrogen-bond acceptors (Lipinski definition) is 6. The molecule has 0 saturated carbocycles. The lowest BCUT2D eigenvalue weighted by atomic mass is 10.2. The average molecular weight is 265 g/mol. The standard InChI is InChI=1S/C13H23N5O/c1-17-6-4-5-10(17)8-18(2)13-7-11(14)15-12(16-13)9-19-3/h7,10H,4-6,8-9H2,1-3H3,(H2,14,15,16). The molecule has 1 unspecified atom stereocenters. The topological polar surface area (TPSA) is 67.5 Å². The SMILES string of the molecule is COCc1nc(N)cc(N(C)CC2CCCN2C)n1. The number of ether oxygens (including phenoxy) is 1. The predicted octanol–water partition coefficient (Wildman–Crippen LogP) is 0.736. The molecule has 106 valence electrons. The molecule has 1 aliphatic rings. The number of nitrogen functional groups attached to an aromatic ring is 1. The van der Waals surface area contributed by atoms with Crippen molar-refractivity contribution in [2.75, 3.05) is 44.9 Å². The minimum Gasteiger partial charge on any atom is -0.384 e. The lowest BCUT2D eigenvalue weighted by molar-refractivity contribution is 0.178. The van der Waals surface area contributed by atoms with E-state index in [1.165, 1.54) is 19.4 Å². The number of likely N-dealkylation sites (N-methyl/N-ethyl adjacent to an activating group) is 2. The molecule has 1 fully saturated rings. The van der Waals surface area contributed by atoms with Gasteiger partial charge in [0.25, 0.3) is 0 Å². The Balaban J connectivity index is 2.07. The fourth-order valence-corrected chi connectivity index (χ4v) is 2.51. The van der Waals surface area contributed by atoms with E-state index in [-0.39, 0.29) is 0 Å². The van der Waals surface area contributed by atoms with Crippen LogP contribution in [0.4, 0.5) is 11.6 Å². The van der Waals surface area contributed by atoms with Gasteiger partial charge in [0.2, 0.25) is 0 Å². The first kappa shape index (κ1) is 14.0. The highest BCUT2D eigenvalue weighted by atomic mass is 16.5. The molecule has 0 amide bonds. The van der Waals surface area contributed by atoms with Crippen LogP contribution in [0, 0.1) is 0 Å². The van der Waals surface area contributed by atoms with Crippen molar-refractivity contribution in [3.05, 3.63) is 11.9 Å². The molecule has 1 atom stereocenters. The summed E-state index contributed by atoms with van der Waals surface area (Å²) < 4.78 is 5.06. The molecular weight excluding hydrogens is 242 g/mol. The summed E-state index contributed by atoms with van der Waals surface area (Å²) in [6.07, 6.45) is 2.52. The minimum absolute atomic E-state index is 0.384. The van der Waals surface area contributed by atoms with Gasteiger partial charge >= 0.3 is 0 Å². The fraction of sp³-hybridized carbons (Fsp3) is 0.692. The molecule has 19 heavy (non-hydrogen) atoms. The number of anilines is 2. The Kier molecular flexibility index (Phi) is 4.55. The second-order valence-corrected chi connectivity index (χ2v) is 5.16. The predicted molar refractivity (Wildman–Crippen MR) is 76.1 cm³/mol. The number of nitrogens with zero attached hydrogens (tertiary/aromatic N) is 4. The van der Waals surface area contributed by atoms with Crippen LogP contribution in [0.2, 0.25) is 0 Å². The van der Waals surface area contributed by atoms with Crippen molar-refractivity contribution in [2.24, 2.45) is 0 Å². The van der Waals surface area contributed by atoms with Crippen LogP contribution in [-0.4, -0.2) is 55.2 Å². The van der Waals surface area contributed by atoms with E-state index in [2.05, 4.69) is 26.8 Å². The van der Waals surface area contributed by atoms with Gasteiger partial charge < -0.3 is 20.3 Å². The number of nitrogens with two attached hydrogens (primary N) is 1. The van der Waals surface area contributed by atoms with E-state index in [0.717, 1.165) is 12.4 Å². The summed E-state index contributed by atoms with van der Waals surface area (Å²) in [6.45, 7) is 2.52. The highest BCUT2D eigenvalue weighted by Gasteiger charge is 2.22. The second-order valence-electron chi connectivity index (χ2n) is 5.16. The van der Waals surface area contributed by atoms with Gasteiger partial charge in [-0.3, -0.25) is 0 Å². The van der Waals surface area contributed by atoms with E-state index in [1.807, 2.05) is 13.1 Å². The molecule has 0 aliphatic carbocycles. The van der Waals surface area contributed by atoms with Crippen LogP contribution >= 0.6 is 0 Å². The van der Waals surface area contributed by atoms with Crippen LogP contribution in [0.25, 0.3) is 0 Å². The monoisotopic (exact) mass is 265 g/mol. The van der Waals surface area contributed by atoms with Gasteiger partial charge in [-0.2, -0.15) is 0 Å². The lowest BCUT2D eigenvalue weighted by Gasteiger charge is -2.26. The quantitative estimate of drug-likeness (QED) is 0.847. The molecule has 6 heteroatoms. The van der Waals surface area contributed by atoms with Gasteiger partial charge in [-0.05, 0) is 26.4 Å². The van der Waals surface area contributed by atoms with Gasteiger partial charge in [-0.25, -0.2) is 9.97 Å². The van der Waals surface area contributed by atoms with E-state index >= 15 is 0 Å². The van der Waals surface area contributed by atoms with Crippen LogP contribution in [-0.2, 0) is 11.3 Å². The van der Waals surface area contributed by atoms with Crippen LogP contribution in [0.3, 0.4) is 0 Å². The molecule has 0 radical (unpaired) electrons. The first-order chi connectivity index (χ1) is 9.10. The first-order valence-corrected chi connectivity index (χ1v) is 6.64. The molecule has 1 aromatic rings. The molecule has 2 heterocycles. The number of aromatic nitrogens is 2. The summed E-state index contributed by atoms with van der Waals surface area (Å²) in [6, 6.07) is 2.40. The zero-order valence-corrected chi connectivity index (χ0v) is 12.0. The zero-order chi connectivity index (χ0) is 13.8. The summed E-state index contributed by atoms with van der Waals surface area (Å²) in [5.74, 6) is 1.98. The van der Waals surface area contributed by atoms with Crippen molar-refractivity contribution >= 4 is 11.6 Å². The summed E-state index contributed by atoms with van der Waals surface area (Å²) in [7, 11) is 5.85. The molecule has 0 aromatic carbocycles. The normalized spacial score (nSPS) is 19.8. The molecule has 1 saturated heterocycles. The van der Waals surface area contributed by atoms with Crippen molar-refractivity contribution in [3.8, 4) is 0 Å². The number of likely N-dealkylation sites (tertiary alicyclic amines) is 1. The number of methoxy groups -OCH3 is 1. The maximum absolute atomic E-state index is 5.82. The summed E-state index contributed by atoms with van der Waals surface area (Å²) in [4.78, 5) is 13.2. The molecular formula is C13H23N5O. The van der Waals surface area contributed by atoms with E-state index in [9.17, 15) is 0 Å². The highest BCUT2D eigenvalue weighted by molar-refractivity contribution is 5.46. The molecule has 1 aliphatic heterocycles. The number of rotatable bonds is 5. The molecule has 1 aromatic heterocycles. The Morgan fingerprint density at radius 2 is 2.32 bits per heavy atom. The maximum Gasteiger partial charge on any atom is 0.158 e. The van der Waals surface area contributed by atoms with E-state index < -0.39 is 0 Å². The van der Waals surface area contributed by atoms with E-state index in [0.29, 0.717) is 24.3 Å². The van der Waals surface area contributed by atoms with Gasteiger partial charge in [0.15, 0.2) is 5.82 Å². The lowest BCUT2D eigenvalue weighted by Crippen LogP contribution is -2.37. The maximum atomic E-state index is 5.82. The number of hydrogen-bond donors (Lipinski definition) is 1. The summed E-state index contributed by atoms with van der Waals surface area (Å²) in [5, 5.41) is 0. The highest BCUT2D eigenvalue weighted by Crippen LogP contribution is 2.19.